The summed E-state index contributed by atoms with van der Waals surface area (Å²) in [7, 11) is 0. The third kappa shape index (κ3) is 4.95. The third-order valence-corrected chi connectivity index (χ3v) is 4.93. The standard InChI is InChI=1S/C26H24N4O/c1-17-12-13-23(18(2)14-17)30-26(31)21-10-7-11-22(15-21)29-25-16-24(27-19(3)28-25)20-8-5-4-6-9-20/h4-16H,1-3H3,(H,30,31)(H,27,28,29). The molecular weight excluding hydrogens is 384 g/mol. The van der Waals surface area contributed by atoms with Crippen molar-refractivity contribution in [3.8, 4) is 11.3 Å². The number of benzene rings is 3. The number of nitrogens with one attached hydrogen (secondary N) is 2. The van der Waals surface area contributed by atoms with Crippen LogP contribution in [-0.4, -0.2) is 15.9 Å². The van der Waals surface area contributed by atoms with Gasteiger partial charge < -0.3 is 10.6 Å². The summed E-state index contributed by atoms with van der Waals surface area (Å²) < 4.78 is 0. The molecule has 0 aliphatic carbocycles. The maximum absolute atomic E-state index is 12.8. The molecule has 4 rings (SSSR count). The molecule has 0 bridgehead atoms. The van der Waals surface area contributed by atoms with Gasteiger partial charge in [0.2, 0.25) is 0 Å². The average molecular weight is 409 g/mol. The van der Waals surface area contributed by atoms with Crippen molar-refractivity contribution in [3.63, 3.8) is 0 Å². The van der Waals surface area contributed by atoms with Gasteiger partial charge in [-0.3, -0.25) is 4.79 Å². The van der Waals surface area contributed by atoms with E-state index >= 15 is 0 Å². The Morgan fingerprint density at radius 3 is 2.39 bits per heavy atom. The number of aromatic nitrogens is 2. The minimum Gasteiger partial charge on any atom is -0.340 e. The van der Waals surface area contributed by atoms with Crippen LogP contribution < -0.4 is 10.6 Å². The van der Waals surface area contributed by atoms with E-state index in [1.165, 1.54) is 0 Å². The van der Waals surface area contributed by atoms with Gasteiger partial charge in [-0.05, 0) is 50.6 Å². The first-order valence-corrected chi connectivity index (χ1v) is 10.1. The van der Waals surface area contributed by atoms with E-state index in [4.69, 9.17) is 0 Å². The first kappa shape index (κ1) is 20.3. The number of carbonyl (C=O) groups excluding carboxylic acids is 1. The fraction of sp³-hybridized carbons (Fsp3) is 0.115. The fourth-order valence-corrected chi connectivity index (χ4v) is 3.42. The van der Waals surface area contributed by atoms with Gasteiger partial charge in [-0.25, -0.2) is 9.97 Å². The zero-order valence-electron chi connectivity index (χ0n) is 17.8. The molecule has 0 aliphatic heterocycles. The van der Waals surface area contributed by atoms with E-state index in [1.54, 1.807) is 6.07 Å². The van der Waals surface area contributed by atoms with Gasteiger partial charge in [0.25, 0.3) is 5.91 Å². The van der Waals surface area contributed by atoms with E-state index in [2.05, 4.69) is 26.7 Å². The summed E-state index contributed by atoms with van der Waals surface area (Å²) in [6.45, 7) is 5.89. The van der Waals surface area contributed by atoms with Gasteiger partial charge in [0.05, 0.1) is 5.69 Å². The molecule has 0 unspecified atom stereocenters. The number of hydrogen-bond donors (Lipinski definition) is 2. The Kier molecular flexibility index (Phi) is 5.76. The number of carbonyl (C=O) groups is 1. The van der Waals surface area contributed by atoms with Crippen LogP contribution in [0.25, 0.3) is 11.3 Å². The molecule has 31 heavy (non-hydrogen) atoms. The smallest absolute Gasteiger partial charge is 0.255 e. The predicted molar refractivity (Wildman–Crippen MR) is 126 cm³/mol. The quantitative estimate of drug-likeness (QED) is 0.421. The Labute approximate surface area is 182 Å². The normalized spacial score (nSPS) is 10.5. The van der Waals surface area contributed by atoms with E-state index in [0.29, 0.717) is 17.2 Å². The van der Waals surface area contributed by atoms with Gasteiger partial charge in [0, 0.05) is 28.6 Å². The zero-order chi connectivity index (χ0) is 21.8. The van der Waals surface area contributed by atoms with Crippen molar-refractivity contribution in [1.82, 2.24) is 9.97 Å². The van der Waals surface area contributed by atoms with Gasteiger partial charge >= 0.3 is 0 Å². The maximum Gasteiger partial charge on any atom is 0.255 e. The first-order chi connectivity index (χ1) is 15.0. The van der Waals surface area contributed by atoms with E-state index < -0.39 is 0 Å². The second kappa shape index (κ2) is 8.79. The Morgan fingerprint density at radius 1 is 0.806 bits per heavy atom. The monoisotopic (exact) mass is 408 g/mol. The lowest BCUT2D eigenvalue weighted by Crippen LogP contribution is -2.13. The molecule has 1 amide bonds. The van der Waals surface area contributed by atoms with Crippen LogP contribution in [-0.2, 0) is 0 Å². The molecule has 154 valence electrons. The Bertz CT molecular complexity index is 1240. The summed E-state index contributed by atoms with van der Waals surface area (Å²) in [4.78, 5) is 21.8. The van der Waals surface area contributed by atoms with Crippen molar-refractivity contribution >= 4 is 23.1 Å². The molecule has 1 heterocycles. The molecule has 0 saturated carbocycles. The summed E-state index contributed by atoms with van der Waals surface area (Å²) >= 11 is 0. The summed E-state index contributed by atoms with van der Waals surface area (Å²) in [6.07, 6.45) is 0. The summed E-state index contributed by atoms with van der Waals surface area (Å²) in [5.41, 5.74) is 6.23. The lowest BCUT2D eigenvalue weighted by Gasteiger charge is -2.12. The molecule has 0 atom stereocenters. The molecule has 5 nitrogen and oxygen atoms in total. The molecule has 0 aliphatic rings. The van der Waals surface area contributed by atoms with Crippen molar-refractivity contribution in [2.45, 2.75) is 20.8 Å². The van der Waals surface area contributed by atoms with Gasteiger partial charge in [0.1, 0.15) is 11.6 Å². The Morgan fingerprint density at radius 2 is 1.61 bits per heavy atom. The fourth-order valence-electron chi connectivity index (χ4n) is 3.42. The van der Waals surface area contributed by atoms with E-state index in [0.717, 1.165) is 33.8 Å². The summed E-state index contributed by atoms with van der Waals surface area (Å²) in [5, 5.41) is 6.29. The molecule has 1 aromatic heterocycles. The van der Waals surface area contributed by atoms with Crippen molar-refractivity contribution in [1.29, 1.82) is 0 Å². The molecule has 4 aromatic rings. The van der Waals surface area contributed by atoms with Gasteiger partial charge in [-0.2, -0.15) is 0 Å². The highest BCUT2D eigenvalue weighted by Crippen LogP contribution is 2.23. The first-order valence-electron chi connectivity index (χ1n) is 10.1. The number of rotatable bonds is 5. The van der Waals surface area contributed by atoms with Crippen molar-refractivity contribution < 1.29 is 4.79 Å². The second-order valence-electron chi connectivity index (χ2n) is 7.53. The lowest BCUT2D eigenvalue weighted by molar-refractivity contribution is 0.102. The number of anilines is 3. The summed E-state index contributed by atoms with van der Waals surface area (Å²) in [5.74, 6) is 1.20. The lowest BCUT2D eigenvalue weighted by atomic mass is 10.1. The van der Waals surface area contributed by atoms with Crippen molar-refractivity contribution in [3.05, 3.63) is 101 Å². The maximum atomic E-state index is 12.8. The highest BCUT2D eigenvalue weighted by atomic mass is 16.1. The van der Waals surface area contributed by atoms with Gasteiger partial charge in [0.15, 0.2) is 0 Å². The number of nitrogens with zero attached hydrogens (tertiary/aromatic N) is 2. The molecule has 0 fully saturated rings. The molecule has 0 saturated heterocycles. The largest absolute Gasteiger partial charge is 0.340 e. The third-order valence-electron chi connectivity index (χ3n) is 4.93. The number of aryl methyl sites for hydroxylation is 3. The Hall–Kier alpha value is -3.99. The van der Waals surface area contributed by atoms with Crippen LogP contribution in [0.2, 0.25) is 0 Å². The van der Waals surface area contributed by atoms with Crippen LogP contribution in [0, 0.1) is 20.8 Å². The van der Waals surface area contributed by atoms with Crippen LogP contribution in [0.15, 0.2) is 78.9 Å². The SMILES string of the molecule is Cc1ccc(NC(=O)c2cccc(Nc3cc(-c4ccccc4)nc(C)n3)c2)c(C)c1. The highest BCUT2D eigenvalue weighted by Gasteiger charge is 2.10. The second-order valence-corrected chi connectivity index (χ2v) is 7.53. The minimum atomic E-state index is -0.153. The number of hydrogen-bond acceptors (Lipinski definition) is 4. The van der Waals surface area contributed by atoms with Gasteiger partial charge in [-0.1, -0.05) is 54.1 Å². The molecule has 5 heteroatoms. The Balaban J connectivity index is 1.55. The molecule has 3 aromatic carbocycles. The number of amides is 1. The zero-order valence-corrected chi connectivity index (χ0v) is 17.8. The van der Waals surface area contributed by atoms with Crippen LogP contribution in [0.5, 0.6) is 0 Å². The molecular formula is C26H24N4O. The average Bonchev–Trinajstić information content (AvgIpc) is 2.76. The summed E-state index contributed by atoms with van der Waals surface area (Å²) in [6, 6.07) is 25.2. The van der Waals surface area contributed by atoms with Crippen molar-refractivity contribution in [2.24, 2.45) is 0 Å². The molecule has 0 spiro atoms. The van der Waals surface area contributed by atoms with Gasteiger partial charge in [-0.15, -0.1) is 0 Å². The van der Waals surface area contributed by atoms with Crippen LogP contribution in [0.4, 0.5) is 17.2 Å². The molecule has 2 N–H and O–H groups in total. The van der Waals surface area contributed by atoms with E-state index in [1.807, 2.05) is 87.5 Å². The van der Waals surface area contributed by atoms with Crippen LogP contribution >= 0.6 is 0 Å². The van der Waals surface area contributed by atoms with Crippen LogP contribution in [0.3, 0.4) is 0 Å². The topological polar surface area (TPSA) is 66.9 Å². The van der Waals surface area contributed by atoms with E-state index in [-0.39, 0.29) is 5.91 Å². The van der Waals surface area contributed by atoms with E-state index in [9.17, 15) is 4.79 Å². The highest BCUT2D eigenvalue weighted by molar-refractivity contribution is 6.05. The molecule has 0 radical (unpaired) electrons. The van der Waals surface area contributed by atoms with Crippen LogP contribution in [0.1, 0.15) is 27.3 Å². The minimum absolute atomic E-state index is 0.153. The predicted octanol–water partition coefficient (Wildman–Crippen LogP) is 6.06. The van der Waals surface area contributed by atoms with Crippen molar-refractivity contribution in [2.75, 3.05) is 10.6 Å².